The maximum Gasteiger partial charge on any atom is 0.280 e. The van der Waals surface area contributed by atoms with Crippen LogP contribution in [0.15, 0.2) is 31.0 Å². The minimum atomic E-state index is -3.48. The van der Waals surface area contributed by atoms with E-state index in [1.54, 1.807) is 18.5 Å². The molecule has 2 fully saturated rings. The van der Waals surface area contributed by atoms with Crippen LogP contribution in [0, 0.1) is 5.92 Å². The van der Waals surface area contributed by atoms with Crippen molar-refractivity contribution in [3.8, 4) is 16.5 Å². The van der Waals surface area contributed by atoms with Crippen molar-refractivity contribution in [3.63, 3.8) is 0 Å². The molecule has 5 rings (SSSR count). The van der Waals surface area contributed by atoms with E-state index in [0.717, 1.165) is 6.42 Å². The van der Waals surface area contributed by atoms with Crippen LogP contribution in [0.2, 0.25) is 0 Å². The summed E-state index contributed by atoms with van der Waals surface area (Å²) in [4.78, 5) is 35.1. The summed E-state index contributed by atoms with van der Waals surface area (Å²) in [5, 5.41) is 2.88. The number of sulfonamides is 1. The molecular weight excluding hydrogens is 506 g/mol. The molecule has 190 valence electrons. The van der Waals surface area contributed by atoms with Crippen LogP contribution in [0.5, 0.6) is 5.88 Å². The van der Waals surface area contributed by atoms with Crippen molar-refractivity contribution in [2.45, 2.75) is 37.5 Å². The Bertz CT molecular complexity index is 1340. The monoisotopic (exact) mass is 531 g/mol. The number of nitrogens with one attached hydrogen (secondary N) is 2. The number of anilines is 1. The molecule has 14 heteroatoms. The molecule has 0 bridgehead atoms. The highest BCUT2D eigenvalue weighted by Gasteiger charge is 2.36. The summed E-state index contributed by atoms with van der Waals surface area (Å²) < 4.78 is 38.2. The van der Waals surface area contributed by atoms with E-state index in [0.29, 0.717) is 54.8 Å². The first-order valence-electron chi connectivity index (χ1n) is 11.6. The van der Waals surface area contributed by atoms with Crippen LogP contribution in [0.25, 0.3) is 10.6 Å². The third kappa shape index (κ3) is 5.60. The van der Waals surface area contributed by atoms with Gasteiger partial charge < -0.3 is 14.8 Å². The molecule has 0 radical (unpaired) electrons. The number of hydrogen-bond donors (Lipinski definition) is 2. The fourth-order valence-electron chi connectivity index (χ4n) is 3.84. The molecule has 36 heavy (non-hydrogen) atoms. The van der Waals surface area contributed by atoms with Crippen molar-refractivity contribution in [3.05, 3.63) is 41.7 Å². The number of rotatable bonds is 10. The molecule has 1 aliphatic heterocycles. The third-order valence-corrected chi connectivity index (χ3v) is 8.66. The van der Waals surface area contributed by atoms with Crippen molar-refractivity contribution >= 4 is 33.1 Å². The lowest BCUT2D eigenvalue weighted by molar-refractivity contribution is 0.0914. The van der Waals surface area contributed by atoms with Gasteiger partial charge in [0.1, 0.15) is 17.8 Å². The van der Waals surface area contributed by atoms with Crippen LogP contribution in [0.3, 0.4) is 0 Å². The van der Waals surface area contributed by atoms with Gasteiger partial charge in [0.2, 0.25) is 15.9 Å². The summed E-state index contributed by atoms with van der Waals surface area (Å²) in [6.45, 7) is 3.34. The first kappa shape index (κ1) is 24.5. The Kier molecular flexibility index (Phi) is 7.07. The second-order valence-electron chi connectivity index (χ2n) is 8.45. The lowest BCUT2D eigenvalue weighted by atomic mass is 9.95. The summed E-state index contributed by atoms with van der Waals surface area (Å²) in [6, 6.07) is 1.05. The zero-order chi connectivity index (χ0) is 25.1. The Morgan fingerprint density at radius 3 is 2.83 bits per heavy atom. The number of thiazole rings is 1. The summed E-state index contributed by atoms with van der Waals surface area (Å²) in [5.41, 5.74) is 1.05. The minimum absolute atomic E-state index is 0.0371. The van der Waals surface area contributed by atoms with Gasteiger partial charge in [-0.1, -0.05) is 0 Å². The highest BCUT2D eigenvalue weighted by atomic mass is 32.2. The van der Waals surface area contributed by atoms with E-state index in [1.165, 1.54) is 23.9 Å². The van der Waals surface area contributed by atoms with Gasteiger partial charge in [0.15, 0.2) is 5.01 Å². The first-order valence-corrected chi connectivity index (χ1v) is 13.9. The maximum atomic E-state index is 13.2. The van der Waals surface area contributed by atoms with Gasteiger partial charge in [0.05, 0.1) is 47.5 Å². The molecule has 3 aromatic rings. The fraction of sp³-hybridized carbons (Fsp3) is 0.455. The Balaban J connectivity index is 1.35. The third-order valence-electron chi connectivity index (χ3n) is 5.80. The second-order valence-corrected chi connectivity index (χ2v) is 11.4. The van der Waals surface area contributed by atoms with E-state index in [9.17, 15) is 13.2 Å². The standard InChI is InChI=1S/C22H25N7O5S2/c1-2-34-19-10-23-8-16(27-19)17-9-24-22(35-17)21(30)28-20(13-5-6-33-11-13)15-7-18(26-12-25-15)29-36(31,32)14-3-4-14/h7-10,12-14,20H,2-6,11H2,1H3,(H,28,30)(H,25,26,29)/t13-,20-/m1/s1. The van der Waals surface area contributed by atoms with Gasteiger partial charge in [0, 0.05) is 24.8 Å². The van der Waals surface area contributed by atoms with Gasteiger partial charge in [-0.15, -0.1) is 11.3 Å². The molecule has 3 aromatic heterocycles. The quantitative estimate of drug-likeness (QED) is 0.397. The summed E-state index contributed by atoms with van der Waals surface area (Å²) >= 11 is 1.18. The molecule has 0 aromatic carbocycles. The molecule has 1 aliphatic carbocycles. The van der Waals surface area contributed by atoms with Crippen molar-refractivity contribution in [2.75, 3.05) is 24.5 Å². The number of carbonyl (C=O) groups excluding carboxylic acids is 1. The average molecular weight is 532 g/mol. The second kappa shape index (κ2) is 10.4. The van der Waals surface area contributed by atoms with Crippen molar-refractivity contribution < 1.29 is 22.7 Å². The highest BCUT2D eigenvalue weighted by molar-refractivity contribution is 7.93. The van der Waals surface area contributed by atoms with Crippen molar-refractivity contribution in [1.29, 1.82) is 0 Å². The number of nitrogens with zero attached hydrogens (tertiary/aromatic N) is 5. The summed E-state index contributed by atoms with van der Waals surface area (Å²) in [6.07, 6.45) is 7.98. The van der Waals surface area contributed by atoms with Gasteiger partial charge in [-0.3, -0.25) is 14.5 Å². The number of carbonyl (C=O) groups is 1. The molecule has 4 heterocycles. The molecule has 0 spiro atoms. The van der Waals surface area contributed by atoms with E-state index in [-0.39, 0.29) is 27.9 Å². The molecule has 0 unspecified atom stereocenters. The van der Waals surface area contributed by atoms with Crippen LogP contribution in [0.1, 0.15) is 47.7 Å². The minimum Gasteiger partial charge on any atom is -0.477 e. The average Bonchev–Trinajstić information content (AvgIpc) is 3.38. The van der Waals surface area contributed by atoms with E-state index < -0.39 is 16.1 Å². The van der Waals surface area contributed by atoms with E-state index in [4.69, 9.17) is 9.47 Å². The lowest BCUT2D eigenvalue weighted by Gasteiger charge is -2.23. The summed E-state index contributed by atoms with van der Waals surface area (Å²) in [7, 11) is -3.48. The normalized spacial score (nSPS) is 18.5. The SMILES string of the molecule is CCOc1cncc(-c2cnc(C(=O)N[C@@H](c3cc(NS(=O)(=O)C4CC4)ncn3)[C@@H]3CCOC3)s2)n1. The highest BCUT2D eigenvalue weighted by Crippen LogP contribution is 2.32. The van der Waals surface area contributed by atoms with Gasteiger partial charge in [-0.25, -0.2) is 28.4 Å². The lowest BCUT2D eigenvalue weighted by Crippen LogP contribution is -2.34. The van der Waals surface area contributed by atoms with Gasteiger partial charge in [-0.05, 0) is 26.2 Å². The van der Waals surface area contributed by atoms with Crippen molar-refractivity contribution in [1.82, 2.24) is 30.2 Å². The predicted octanol–water partition coefficient (Wildman–Crippen LogP) is 2.20. The Hall–Kier alpha value is -3.23. The van der Waals surface area contributed by atoms with Crippen molar-refractivity contribution in [2.24, 2.45) is 5.92 Å². The van der Waals surface area contributed by atoms with Crippen LogP contribution in [-0.4, -0.2) is 64.3 Å². The maximum absolute atomic E-state index is 13.2. The Morgan fingerprint density at radius 2 is 2.08 bits per heavy atom. The molecule has 1 saturated heterocycles. The molecule has 1 amide bonds. The number of amides is 1. The fourth-order valence-corrected chi connectivity index (χ4v) is 5.94. The zero-order valence-corrected chi connectivity index (χ0v) is 21.1. The molecule has 2 aliphatic rings. The van der Waals surface area contributed by atoms with Crippen LogP contribution < -0.4 is 14.8 Å². The first-order chi connectivity index (χ1) is 17.4. The number of ether oxygens (including phenoxy) is 2. The van der Waals surface area contributed by atoms with Gasteiger partial charge in [0.25, 0.3) is 5.91 Å². The van der Waals surface area contributed by atoms with Crippen LogP contribution in [-0.2, 0) is 14.8 Å². The topological polar surface area (TPSA) is 158 Å². The summed E-state index contributed by atoms with van der Waals surface area (Å²) in [5.74, 6) is 0.155. The Labute approximate surface area is 212 Å². The van der Waals surface area contributed by atoms with E-state index in [1.807, 2.05) is 6.92 Å². The molecular formula is C22H25N7O5S2. The predicted molar refractivity (Wildman–Crippen MR) is 131 cm³/mol. The molecule has 2 atom stereocenters. The van der Waals surface area contributed by atoms with E-state index >= 15 is 0 Å². The Morgan fingerprint density at radius 1 is 1.22 bits per heavy atom. The smallest absolute Gasteiger partial charge is 0.280 e. The van der Waals surface area contributed by atoms with Crippen LogP contribution in [0.4, 0.5) is 5.82 Å². The molecule has 1 saturated carbocycles. The number of aromatic nitrogens is 5. The zero-order valence-electron chi connectivity index (χ0n) is 19.5. The molecule has 12 nitrogen and oxygen atoms in total. The van der Waals surface area contributed by atoms with Crippen LogP contribution >= 0.6 is 11.3 Å². The van der Waals surface area contributed by atoms with Gasteiger partial charge in [-0.2, -0.15) is 0 Å². The molecule has 2 N–H and O–H groups in total. The van der Waals surface area contributed by atoms with Gasteiger partial charge >= 0.3 is 0 Å². The number of hydrogen-bond acceptors (Lipinski definition) is 11. The largest absolute Gasteiger partial charge is 0.477 e. The van der Waals surface area contributed by atoms with E-state index in [2.05, 4.69) is 35.0 Å².